The molecule has 68 valence electrons. The van der Waals surface area contributed by atoms with Crippen molar-refractivity contribution in [2.75, 3.05) is 12.4 Å². The molecule has 0 amide bonds. The normalized spacial score (nSPS) is 12.2. The molecule has 0 aromatic carbocycles. The maximum atomic E-state index is 10.0. The van der Waals surface area contributed by atoms with E-state index in [2.05, 4.69) is 4.18 Å². The Morgan fingerprint density at radius 1 is 1.36 bits per heavy atom. The highest BCUT2D eigenvalue weighted by atomic mass is 32.2. The molecule has 0 aromatic heterocycles. The lowest BCUT2D eigenvalue weighted by atomic mass is 10.5. The summed E-state index contributed by atoms with van der Waals surface area (Å²) in [6.45, 7) is -0.224. The minimum absolute atomic E-state index is 0.0395. The van der Waals surface area contributed by atoms with Crippen molar-refractivity contribution in [1.29, 1.82) is 0 Å². The van der Waals surface area contributed by atoms with E-state index in [4.69, 9.17) is 4.55 Å². The molecule has 0 saturated carbocycles. The van der Waals surface area contributed by atoms with Crippen LogP contribution in [0.4, 0.5) is 0 Å². The highest BCUT2D eigenvalue weighted by Gasteiger charge is 2.02. The van der Waals surface area contributed by atoms with Crippen LogP contribution in [0.25, 0.3) is 0 Å². The van der Waals surface area contributed by atoms with Crippen LogP contribution in [0.3, 0.4) is 0 Å². The maximum Gasteiger partial charge on any atom is 0.264 e. The molecular weight excluding hydrogens is 196 g/mol. The van der Waals surface area contributed by atoms with Crippen LogP contribution in [0.15, 0.2) is 0 Å². The molecule has 6 nitrogen and oxygen atoms in total. The molecule has 0 aromatic rings. The predicted octanol–water partition coefficient (Wildman–Crippen LogP) is -1.19. The Labute approximate surface area is 66.1 Å². The van der Waals surface area contributed by atoms with Crippen molar-refractivity contribution in [3.8, 4) is 0 Å². The first-order valence-corrected chi connectivity index (χ1v) is 5.35. The Kier molecular flexibility index (Phi) is 4.57. The fourth-order valence-corrected chi connectivity index (χ4v) is 1.14. The highest BCUT2D eigenvalue weighted by Crippen LogP contribution is 1.88. The maximum absolute atomic E-state index is 10.0. The van der Waals surface area contributed by atoms with Crippen molar-refractivity contribution in [1.82, 2.24) is 0 Å². The van der Waals surface area contributed by atoms with E-state index in [0.29, 0.717) is 0 Å². The highest BCUT2D eigenvalue weighted by molar-refractivity contribution is 7.85. The summed E-state index contributed by atoms with van der Waals surface area (Å²) in [5.74, 6) is -0.490. The predicted molar refractivity (Wildman–Crippen MR) is 37.3 cm³/mol. The summed E-state index contributed by atoms with van der Waals surface area (Å²) in [7, 11) is -6.92. The Morgan fingerprint density at radius 3 is 2.27 bits per heavy atom. The summed E-state index contributed by atoms with van der Waals surface area (Å²) in [5, 5.41) is 0. The van der Waals surface area contributed by atoms with Gasteiger partial charge >= 0.3 is 0 Å². The molecule has 0 atom stereocenters. The van der Waals surface area contributed by atoms with Crippen LogP contribution >= 0.6 is 0 Å². The molecule has 0 aliphatic rings. The minimum Gasteiger partial charge on any atom is -0.286 e. The first kappa shape index (κ1) is 10.8. The van der Waals surface area contributed by atoms with Crippen LogP contribution in [0.1, 0.15) is 6.42 Å². The Bertz CT molecular complexity index is 254. The topological polar surface area (TPSA) is 97.7 Å². The van der Waals surface area contributed by atoms with E-state index in [-0.39, 0.29) is 13.0 Å². The third-order valence-corrected chi connectivity index (χ3v) is 1.94. The molecule has 0 unspecified atom stereocenters. The lowest BCUT2D eigenvalue weighted by Gasteiger charge is -1.94. The first-order valence-electron chi connectivity index (χ1n) is 2.64. The van der Waals surface area contributed by atoms with E-state index in [9.17, 15) is 16.8 Å². The van der Waals surface area contributed by atoms with E-state index in [0.717, 1.165) is 0 Å². The van der Waals surface area contributed by atoms with Gasteiger partial charge in [0.25, 0.3) is 21.1 Å². The summed E-state index contributed by atoms with van der Waals surface area (Å²) in [4.78, 5) is 0. The molecule has 1 N–H and O–H groups in total. The van der Waals surface area contributed by atoms with Gasteiger partial charge in [-0.3, -0.25) is 8.74 Å². The molecule has 0 heterocycles. The van der Waals surface area contributed by atoms with Crippen LogP contribution in [-0.2, 0) is 25.3 Å². The molecule has 0 aliphatic carbocycles. The third-order valence-electron chi connectivity index (χ3n) is 0.743. The number of hydrogen-bond donors (Lipinski definition) is 2. The Morgan fingerprint density at radius 2 is 1.91 bits per heavy atom. The van der Waals surface area contributed by atoms with Gasteiger partial charge in [0.05, 0.1) is 12.4 Å². The van der Waals surface area contributed by atoms with Crippen molar-refractivity contribution in [2.45, 2.75) is 6.42 Å². The molecule has 11 heavy (non-hydrogen) atoms. The molecular formula is C3H8O6S2. The Balaban J connectivity index is 3.44. The van der Waals surface area contributed by atoms with Crippen molar-refractivity contribution < 1.29 is 25.6 Å². The van der Waals surface area contributed by atoms with Gasteiger partial charge in [0.1, 0.15) is 0 Å². The molecule has 0 bridgehead atoms. The number of thiol groups is 1. The smallest absolute Gasteiger partial charge is 0.264 e. The van der Waals surface area contributed by atoms with E-state index in [1.54, 1.807) is 0 Å². The van der Waals surface area contributed by atoms with E-state index >= 15 is 0 Å². The second kappa shape index (κ2) is 4.65. The van der Waals surface area contributed by atoms with Gasteiger partial charge in [0.2, 0.25) is 0 Å². The van der Waals surface area contributed by atoms with Gasteiger partial charge in [0.15, 0.2) is 0 Å². The summed E-state index contributed by atoms with van der Waals surface area (Å²) in [6.07, 6.45) is -0.0395. The van der Waals surface area contributed by atoms with Gasteiger partial charge in [-0.25, -0.2) is 8.42 Å². The molecule has 0 spiro atoms. The SMILES string of the molecule is O=[SH](=O)OCCCS(=O)(=O)O. The van der Waals surface area contributed by atoms with Gasteiger partial charge in [-0.15, -0.1) is 0 Å². The largest absolute Gasteiger partial charge is 0.286 e. The van der Waals surface area contributed by atoms with Gasteiger partial charge in [-0.2, -0.15) is 8.42 Å². The zero-order chi connectivity index (χ0) is 8.91. The van der Waals surface area contributed by atoms with Crippen molar-refractivity contribution in [3.63, 3.8) is 0 Å². The fourth-order valence-electron chi connectivity index (χ4n) is 0.380. The molecule has 0 radical (unpaired) electrons. The zero-order valence-electron chi connectivity index (χ0n) is 5.47. The van der Waals surface area contributed by atoms with Gasteiger partial charge in [0, 0.05) is 0 Å². The van der Waals surface area contributed by atoms with Gasteiger partial charge in [-0.05, 0) is 6.42 Å². The molecule has 8 heteroatoms. The fraction of sp³-hybridized carbons (Fsp3) is 1.00. The minimum atomic E-state index is -4.00. The van der Waals surface area contributed by atoms with Gasteiger partial charge < -0.3 is 0 Å². The molecule has 0 aliphatic heterocycles. The van der Waals surface area contributed by atoms with Crippen LogP contribution in [0.5, 0.6) is 0 Å². The number of hydrogen-bond acceptors (Lipinski definition) is 5. The average molecular weight is 204 g/mol. The second-order valence-corrected chi connectivity index (χ2v) is 3.97. The second-order valence-electron chi connectivity index (χ2n) is 1.70. The molecule has 0 saturated heterocycles. The summed E-state index contributed by atoms with van der Waals surface area (Å²) in [5.41, 5.74) is 0. The van der Waals surface area contributed by atoms with Crippen LogP contribution < -0.4 is 0 Å². The quantitative estimate of drug-likeness (QED) is 0.332. The van der Waals surface area contributed by atoms with Crippen molar-refractivity contribution in [3.05, 3.63) is 0 Å². The van der Waals surface area contributed by atoms with Crippen LogP contribution in [0, 0.1) is 0 Å². The average Bonchev–Trinajstić information content (AvgIpc) is 1.78. The summed E-state index contributed by atoms with van der Waals surface area (Å²) in [6, 6.07) is 0. The third kappa shape index (κ3) is 9.82. The molecule has 0 fully saturated rings. The standard InChI is InChI=1S/C3H8O6S2/c4-10(5)9-2-1-3-11(6,7)8/h10H,1-3H2,(H,6,7,8). The lowest BCUT2D eigenvalue weighted by molar-refractivity contribution is 0.331. The van der Waals surface area contributed by atoms with E-state index < -0.39 is 26.9 Å². The van der Waals surface area contributed by atoms with Gasteiger partial charge in [-0.1, -0.05) is 0 Å². The van der Waals surface area contributed by atoms with Crippen molar-refractivity contribution in [2.24, 2.45) is 0 Å². The first-order chi connectivity index (χ1) is 4.92. The van der Waals surface area contributed by atoms with Crippen LogP contribution in [-0.4, -0.2) is 33.7 Å². The monoisotopic (exact) mass is 204 g/mol. The zero-order valence-corrected chi connectivity index (χ0v) is 7.18. The van der Waals surface area contributed by atoms with E-state index in [1.165, 1.54) is 0 Å². The van der Waals surface area contributed by atoms with Crippen molar-refractivity contribution >= 4 is 21.1 Å². The molecule has 0 rings (SSSR count). The summed E-state index contributed by atoms with van der Waals surface area (Å²) < 4.78 is 51.7. The summed E-state index contributed by atoms with van der Waals surface area (Å²) >= 11 is 0. The lowest BCUT2D eigenvalue weighted by Crippen LogP contribution is -2.06. The Hall–Kier alpha value is -0.180. The van der Waals surface area contributed by atoms with Crippen LogP contribution in [0.2, 0.25) is 0 Å². The number of rotatable bonds is 5. The van der Waals surface area contributed by atoms with E-state index in [1.807, 2.05) is 0 Å².